The maximum absolute atomic E-state index is 13.8. The predicted molar refractivity (Wildman–Crippen MR) is 129 cm³/mol. The molecule has 1 fully saturated rings. The first-order chi connectivity index (χ1) is 17.1. The molecule has 1 N–H and O–H groups in total. The van der Waals surface area contributed by atoms with E-state index >= 15 is 0 Å². The van der Waals surface area contributed by atoms with Crippen molar-refractivity contribution in [1.82, 2.24) is 24.5 Å². The van der Waals surface area contributed by atoms with E-state index in [9.17, 15) is 22.8 Å². The van der Waals surface area contributed by atoms with Crippen LogP contribution in [0.3, 0.4) is 0 Å². The van der Waals surface area contributed by atoms with Crippen LogP contribution in [0.25, 0.3) is 0 Å². The summed E-state index contributed by atoms with van der Waals surface area (Å²) in [5.74, 6) is 0.386. The molecule has 0 aromatic carbocycles. The Hall–Kier alpha value is -2.97. The van der Waals surface area contributed by atoms with Gasteiger partial charge in [-0.15, -0.1) is 11.3 Å². The summed E-state index contributed by atoms with van der Waals surface area (Å²) in [7, 11) is 0. The van der Waals surface area contributed by atoms with Gasteiger partial charge in [0.05, 0.1) is 32.1 Å². The van der Waals surface area contributed by atoms with E-state index in [2.05, 4.69) is 19.9 Å². The third kappa shape index (κ3) is 6.05. The van der Waals surface area contributed by atoms with Gasteiger partial charge in [0.25, 0.3) is 11.1 Å². The van der Waals surface area contributed by atoms with Crippen molar-refractivity contribution in [3.05, 3.63) is 60.9 Å². The smallest absolute Gasteiger partial charge is 0.377 e. The lowest BCUT2D eigenvalue weighted by Crippen LogP contribution is -2.52. The summed E-state index contributed by atoms with van der Waals surface area (Å²) in [5.41, 5.74) is -0.480. The van der Waals surface area contributed by atoms with Gasteiger partial charge in [0.2, 0.25) is 5.95 Å². The number of hydrogen-bond donors (Lipinski definition) is 1. The molecule has 0 spiro atoms. The van der Waals surface area contributed by atoms with Gasteiger partial charge in [0.15, 0.2) is 4.47 Å². The van der Waals surface area contributed by atoms with Gasteiger partial charge in [-0.1, -0.05) is 11.6 Å². The molecule has 15 heteroatoms. The maximum atomic E-state index is 13.8. The number of rotatable bonds is 3. The molecule has 2 aliphatic rings. The molecule has 0 bridgehead atoms. The number of thiazole rings is 1. The van der Waals surface area contributed by atoms with E-state index in [1.807, 2.05) is 11.8 Å². The molecule has 10 nitrogen and oxygen atoms in total. The summed E-state index contributed by atoms with van der Waals surface area (Å²) in [6.07, 6.45) is -0.440. The van der Waals surface area contributed by atoms with Crippen LogP contribution in [0, 0.1) is 0 Å². The minimum absolute atomic E-state index is 0.0179. The zero-order valence-electron chi connectivity index (χ0n) is 19.1. The van der Waals surface area contributed by atoms with Crippen LogP contribution in [0.5, 0.6) is 0 Å². The second-order valence-electron chi connectivity index (χ2n) is 8.18. The van der Waals surface area contributed by atoms with Gasteiger partial charge in [-0.25, -0.2) is 9.97 Å². The number of aromatic nitrogens is 5. The molecule has 3 aromatic rings. The quantitative estimate of drug-likeness (QED) is 0.535. The fraction of sp³-hybridized carbons (Fsp3) is 0.476. The summed E-state index contributed by atoms with van der Waals surface area (Å²) >= 11 is 6.96. The molecule has 0 saturated carbocycles. The minimum atomic E-state index is -4.46. The standard InChI is InChI=1S/C17H19ClF3N5O2S.C4H4N2O/c1-10-9-28-5-4-24(10)13-6-14(27)25-3-2-12(17(19,20)21)26(16(25)23-13)8-11-7-22-15(18)29-11;7-4-1-2-5-3-6-4/h6-7,10,12H,2-5,8-9H2,1H3;1-3H,(H,5,6,7)/t10-,12+;/m1./s1. The van der Waals surface area contributed by atoms with Gasteiger partial charge < -0.3 is 19.5 Å². The highest BCUT2D eigenvalue weighted by atomic mass is 35.5. The zero-order valence-corrected chi connectivity index (χ0v) is 20.7. The molecule has 5 rings (SSSR count). The van der Waals surface area contributed by atoms with Gasteiger partial charge in [-0.2, -0.15) is 18.2 Å². The first kappa shape index (κ1) is 26.1. The van der Waals surface area contributed by atoms with Crippen LogP contribution in [-0.2, 0) is 17.8 Å². The lowest BCUT2D eigenvalue weighted by atomic mass is 10.1. The van der Waals surface area contributed by atoms with Crippen molar-refractivity contribution in [2.24, 2.45) is 0 Å². The van der Waals surface area contributed by atoms with E-state index < -0.39 is 12.2 Å². The van der Waals surface area contributed by atoms with Gasteiger partial charge in [0.1, 0.15) is 11.9 Å². The second kappa shape index (κ2) is 11.0. The minimum Gasteiger partial charge on any atom is -0.377 e. The van der Waals surface area contributed by atoms with Gasteiger partial charge >= 0.3 is 6.18 Å². The molecule has 0 radical (unpaired) electrons. The molecule has 194 valence electrons. The van der Waals surface area contributed by atoms with E-state index in [4.69, 9.17) is 16.3 Å². The van der Waals surface area contributed by atoms with Crippen molar-refractivity contribution in [3.8, 4) is 0 Å². The first-order valence-corrected chi connectivity index (χ1v) is 12.2. The number of anilines is 2. The lowest BCUT2D eigenvalue weighted by Gasteiger charge is -2.40. The topological polar surface area (TPSA) is 109 Å². The Labute approximate surface area is 212 Å². The number of nitrogens with one attached hydrogen (secondary N) is 1. The van der Waals surface area contributed by atoms with Crippen molar-refractivity contribution in [1.29, 1.82) is 0 Å². The maximum Gasteiger partial charge on any atom is 0.408 e. The highest BCUT2D eigenvalue weighted by Gasteiger charge is 2.47. The number of nitrogens with zero attached hydrogens (tertiary/aromatic N) is 6. The summed E-state index contributed by atoms with van der Waals surface area (Å²) < 4.78 is 48.3. The molecular weight excluding hydrogens is 523 g/mol. The Balaban J connectivity index is 0.000000375. The van der Waals surface area contributed by atoms with Crippen LogP contribution in [0.1, 0.15) is 18.2 Å². The van der Waals surface area contributed by atoms with Crippen LogP contribution in [0.15, 0.2) is 40.4 Å². The van der Waals surface area contributed by atoms with Crippen LogP contribution < -0.4 is 20.9 Å². The average Bonchev–Trinajstić information content (AvgIpc) is 3.24. The van der Waals surface area contributed by atoms with Crippen molar-refractivity contribution in [3.63, 3.8) is 0 Å². The number of morpholine rings is 1. The second-order valence-corrected chi connectivity index (χ2v) is 9.87. The predicted octanol–water partition coefficient (Wildman–Crippen LogP) is 2.69. The third-order valence-corrected chi connectivity index (χ3v) is 6.82. The molecule has 2 aliphatic heterocycles. The average molecular weight is 546 g/mol. The Kier molecular flexibility index (Phi) is 7.95. The van der Waals surface area contributed by atoms with Crippen molar-refractivity contribution >= 4 is 34.7 Å². The Morgan fingerprint density at radius 2 is 2.11 bits per heavy atom. The Bertz CT molecular complexity index is 1280. The highest BCUT2D eigenvalue weighted by molar-refractivity contribution is 7.15. The van der Waals surface area contributed by atoms with Crippen LogP contribution in [0.4, 0.5) is 24.9 Å². The van der Waals surface area contributed by atoms with Crippen LogP contribution >= 0.6 is 22.9 Å². The largest absolute Gasteiger partial charge is 0.408 e. The third-order valence-electron chi connectivity index (χ3n) is 5.72. The molecule has 36 heavy (non-hydrogen) atoms. The summed E-state index contributed by atoms with van der Waals surface area (Å²) in [5, 5.41) is 0. The Morgan fingerprint density at radius 3 is 2.69 bits per heavy atom. The van der Waals surface area contributed by atoms with Gasteiger partial charge in [-0.05, 0) is 13.3 Å². The van der Waals surface area contributed by atoms with Crippen LogP contribution in [0.2, 0.25) is 4.47 Å². The number of H-pyrrole nitrogens is 1. The summed E-state index contributed by atoms with van der Waals surface area (Å²) in [6.45, 7) is 3.26. The fourth-order valence-electron chi connectivity index (χ4n) is 4.02. The van der Waals surface area contributed by atoms with E-state index in [1.54, 1.807) is 0 Å². The number of ether oxygens (including phenoxy) is 1. The molecule has 1 saturated heterocycles. The number of fused-ring (bicyclic) bond motifs is 1. The van der Waals surface area contributed by atoms with Crippen molar-refractivity contribution in [2.75, 3.05) is 29.6 Å². The normalized spacial score (nSPS) is 19.9. The van der Waals surface area contributed by atoms with Crippen LogP contribution in [-0.4, -0.2) is 62.5 Å². The van der Waals surface area contributed by atoms with Crippen molar-refractivity contribution in [2.45, 2.75) is 44.7 Å². The number of aromatic amines is 1. The molecule has 2 atom stereocenters. The zero-order chi connectivity index (χ0) is 25.9. The lowest BCUT2D eigenvalue weighted by molar-refractivity contribution is -0.153. The van der Waals surface area contributed by atoms with E-state index in [0.717, 1.165) is 16.2 Å². The molecular formula is C21H23ClF3N7O3S. The molecule has 0 amide bonds. The van der Waals surface area contributed by atoms with E-state index in [0.29, 0.717) is 30.5 Å². The monoisotopic (exact) mass is 545 g/mol. The fourth-order valence-corrected chi connectivity index (χ4v) is 5.00. The number of halogens is 4. The molecule has 5 heterocycles. The molecule has 0 aliphatic carbocycles. The first-order valence-electron chi connectivity index (χ1n) is 11.0. The summed E-state index contributed by atoms with van der Waals surface area (Å²) in [6, 6.07) is 0.975. The van der Waals surface area contributed by atoms with Gasteiger partial charge in [0, 0.05) is 42.5 Å². The van der Waals surface area contributed by atoms with Crippen molar-refractivity contribution < 1.29 is 17.9 Å². The summed E-state index contributed by atoms with van der Waals surface area (Å²) in [4.78, 5) is 40.9. The molecule has 0 unspecified atom stereocenters. The molecule has 3 aromatic heterocycles. The Morgan fingerprint density at radius 1 is 1.31 bits per heavy atom. The SMILES string of the molecule is C[C@@H]1COCCN1c1cc(=O)n2c(n1)N(Cc1cnc(Cl)s1)[C@H](C(F)(F)F)CC2.O=c1ccnc[nH]1. The highest BCUT2D eigenvalue weighted by Crippen LogP contribution is 2.36. The number of hydrogen-bond acceptors (Lipinski definition) is 9. The van der Waals surface area contributed by atoms with Gasteiger partial charge in [-0.3, -0.25) is 14.2 Å². The van der Waals surface area contributed by atoms with E-state index in [-0.39, 0.29) is 47.1 Å². The number of alkyl halides is 3. The van der Waals surface area contributed by atoms with E-state index in [1.165, 1.54) is 35.4 Å².